The Balaban J connectivity index is 1.39. The van der Waals surface area contributed by atoms with Gasteiger partial charge in [-0.3, -0.25) is 14.5 Å². The Bertz CT molecular complexity index is 859. The fourth-order valence-electron chi connectivity index (χ4n) is 4.57. The smallest absolute Gasteiger partial charge is 0.254 e. The fourth-order valence-corrected chi connectivity index (χ4v) is 4.57. The standard InChI is InChI=1S/C24H29N3O2/c1-19(28)22-11-5-6-12-23(22)24(29)27-13-7-10-21(18-27)26-16-14-25(15-17-26)20-8-3-2-4-9-20/h2-6,8-9,11-12,21H,7,10,13-18H2,1H3. The molecular weight excluding hydrogens is 362 g/mol. The zero-order chi connectivity index (χ0) is 20.2. The number of likely N-dealkylation sites (tertiary alicyclic amines) is 1. The van der Waals surface area contributed by atoms with Crippen LogP contribution in [-0.4, -0.2) is 66.8 Å². The third-order valence-corrected chi connectivity index (χ3v) is 6.17. The molecule has 0 bridgehead atoms. The molecule has 0 spiro atoms. The maximum Gasteiger partial charge on any atom is 0.254 e. The molecule has 1 amide bonds. The molecule has 4 rings (SSSR count). The van der Waals surface area contributed by atoms with Crippen LogP contribution in [0.1, 0.15) is 40.5 Å². The third-order valence-electron chi connectivity index (χ3n) is 6.17. The van der Waals surface area contributed by atoms with E-state index in [1.165, 1.54) is 12.6 Å². The number of hydrogen-bond donors (Lipinski definition) is 0. The number of carbonyl (C=O) groups excluding carboxylic acids is 2. The first-order chi connectivity index (χ1) is 14.1. The van der Waals surface area contributed by atoms with Crippen molar-refractivity contribution in [2.75, 3.05) is 44.2 Å². The number of Topliss-reactive ketones (excluding diaryl/α,β-unsaturated/α-hetero) is 1. The number of hydrogen-bond acceptors (Lipinski definition) is 4. The van der Waals surface area contributed by atoms with Crippen LogP contribution in [0.4, 0.5) is 5.69 Å². The Morgan fingerprint density at radius 3 is 2.17 bits per heavy atom. The second kappa shape index (κ2) is 8.78. The van der Waals surface area contributed by atoms with Crippen LogP contribution in [-0.2, 0) is 0 Å². The largest absolute Gasteiger partial charge is 0.369 e. The Hall–Kier alpha value is -2.66. The lowest BCUT2D eigenvalue weighted by Crippen LogP contribution is -2.56. The maximum atomic E-state index is 13.1. The molecule has 5 heteroatoms. The zero-order valence-corrected chi connectivity index (χ0v) is 17.1. The summed E-state index contributed by atoms with van der Waals surface area (Å²) in [5.41, 5.74) is 2.35. The predicted octanol–water partition coefficient (Wildman–Crippen LogP) is 3.32. The summed E-state index contributed by atoms with van der Waals surface area (Å²) in [6.07, 6.45) is 2.14. The summed E-state index contributed by atoms with van der Waals surface area (Å²) in [5, 5.41) is 0. The van der Waals surface area contributed by atoms with E-state index in [1.54, 1.807) is 12.1 Å². The fraction of sp³-hybridized carbons (Fsp3) is 0.417. The highest BCUT2D eigenvalue weighted by Gasteiger charge is 2.31. The molecular formula is C24H29N3O2. The van der Waals surface area contributed by atoms with Crippen LogP contribution >= 0.6 is 0 Å². The first-order valence-corrected chi connectivity index (χ1v) is 10.6. The lowest BCUT2D eigenvalue weighted by Gasteiger charge is -2.44. The van der Waals surface area contributed by atoms with Gasteiger partial charge in [-0.1, -0.05) is 36.4 Å². The van der Waals surface area contributed by atoms with Crippen molar-refractivity contribution in [1.29, 1.82) is 0 Å². The van der Waals surface area contributed by atoms with Crippen molar-refractivity contribution in [1.82, 2.24) is 9.80 Å². The van der Waals surface area contributed by atoms with Crippen molar-refractivity contribution in [2.24, 2.45) is 0 Å². The monoisotopic (exact) mass is 391 g/mol. The van der Waals surface area contributed by atoms with E-state index in [0.29, 0.717) is 17.2 Å². The molecule has 2 heterocycles. The number of amides is 1. The summed E-state index contributed by atoms with van der Waals surface area (Å²) in [6.45, 7) is 7.11. The molecule has 0 saturated carbocycles. The third kappa shape index (κ3) is 4.35. The maximum absolute atomic E-state index is 13.1. The summed E-state index contributed by atoms with van der Waals surface area (Å²) in [6, 6.07) is 18.2. The minimum atomic E-state index is -0.0560. The van der Waals surface area contributed by atoms with E-state index < -0.39 is 0 Å². The highest BCUT2D eigenvalue weighted by molar-refractivity contribution is 6.07. The number of benzene rings is 2. The van der Waals surface area contributed by atoms with E-state index in [9.17, 15) is 9.59 Å². The molecule has 2 aliphatic rings. The van der Waals surface area contributed by atoms with Gasteiger partial charge in [0.05, 0.1) is 5.56 Å². The number of para-hydroxylation sites is 1. The average Bonchev–Trinajstić information content (AvgIpc) is 2.79. The molecule has 1 atom stereocenters. The van der Waals surface area contributed by atoms with Gasteiger partial charge in [-0.15, -0.1) is 0 Å². The molecule has 0 radical (unpaired) electrons. The molecule has 2 saturated heterocycles. The minimum absolute atomic E-state index is 0.0107. The minimum Gasteiger partial charge on any atom is -0.369 e. The normalized spacial score (nSPS) is 20.5. The SMILES string of the molecule is CC(=O)c1ccccc1C(=O)N1CCCC(N2CCN(c3ccccc3)CC2)C1. The highest BCUT2D eigenvalue weighted by atomic mass is 16.2. The lowest BCUT2D eigenvalue weighted by molar-refractivity contribution is 0.0561. The topological polar surface area (TPSA) is 43.9 Å². The number of anilines is 1. The van der Waals surface area contributed by atoms with Gasteiger partial charge in [0.25, 0.3) is 5.91 Å². The Morgan fingerprint density at radius 2 is 1.48 bits per heavy atom. The van der Waals surface area contributed by atoms with Crippen molar-refractivity contribution in [3.05, 3.63) is 65.7 Å². The van der Waals surface area contributed by atoms with Gasteiger partial charge in [-0.25, -0.2) is 0 Å². The molecule has 2 aromatic carbocycles. The molecule has 2 aromatic rings. The molecule has 2 aliphatic heterocycles. The van der Waals surface area contributed by atoms with Gasteiger partial charge >= 0.3 is 0 Å². The molecule has 0 aromatic heterocycles. The first-order valence-electron chi connectivity index (χ1n) is 10.6. The molecule has 0 aliphatic carbocycles. The average molecular weight is 392 g/mol. The highest BCUT2D eigenvalue weighted by Crippen LogP contribution is 2.23. The van der Waals surface area contributed by atoms with Gasteiger partial charge in [-0.05, 0) is 38.0 Å². The lowest BCUT2D eigenvalue weighted by atomic mass is 9.99. The van der Waals surface area contributed by atoms with Crippen molar-refractivity contribution in [2.45, 2.75) is 25.8 Å². The van der Waals surface area contributed by atoms with Crippen LogP contribution in [0.2, 0.25) is 0 Å². The summed E-state index contributed by atoms with van der Waals surface area (Å²) in [5.74, 6) is -0.0667. The van der Waals surface area contributed by atoms with Gasteiger partial charge in [-0.2, -0.15) is 0 Å². The van der Waals surface area contributed by atoms with Crippen LogP contribution in [0.3, 0.4) is 0 Å². The van der Waals surface area contributed by atoms with Gasteiger partial charge in [0.2, 0.25) is 0 Å². The number of ketones is 1. The molecule has 152 valence electrons. The second-order valence-corrected chi connectivity index (χ2v) is 8.01. The number of rotatable bonds is 4. The van der Waals surface area contributed by atoms with Crippen LogP contribution in [0.5, 0.6) is 0 Å². The zero-order valence-electron chi connectivity index (χ0n) is 17.1. The van der Waals surface area contributed by atoms with Crippen LogP contribution in [0.25, 0.3) is 0 Å². The number of piperazine rings is 1. The summed E-state index contributed by atoms with van der Waals surface area (Å²) in [4.78, 5) is 32.0. The first kappa shape index (κ1) is 19.6. The van der Waals surface area contributed by atoms with E-state index in [-0.39, 0.29) is 11.7 Å². The van der Waals surface area contributed by atoms with E-state index in [2.05, 4.69) is 40.1 Å². The van der Waals surface area contributed by atoms with Gasteiger partial charge in [0.1, 0.15) is 0 Å². The van der Waals surface area contributed by atoms with Gasteiger partial charge in [0, 0.05) is 56.6 Å². The number of piperidine rings is 1. The van der Waals surface area contributed by atoms with Crippen LogP contribution < -0.4 is 4.90 Å². The molecule has 1 unspecified atom stereocenters. The van der Waals surface area contributed by atoms with Gasteiger partial charge in [0.15, 0.2) is 5.78 Å². The summed E-state index contributed by atoms with van der Waals surface area (Å²) < 4.78 is 0. The van der Waals surface area contributed by atoms with Crippen LogP contribution in [0.15, 0.2) is 54.6 Å². The predicted molar refractivity (Wildman–Crippen MR) is 116 cm³/mol. The van der Waals surface area contributed by atoms with E-state index in [1.807, 2.05) is 17.0 Å². The summed E-state index contributed by atoms with van der Waals surface area (Å²) >= 11 is 0. The number of nitrogens with zero attached hydrogens (tertiary/aromatic N) is 3. The molecule has 2 fully saturated rings. The van der Waals surface area contributed by atoms with Crippen molar-refractivity contribution in [3.63, 3.8) is 0 Å². The molecule has 0 N–H and O–H groups in total. The van der Waals surface area contributed by atoms with Gasteiger partial charge < -0.3 is 9.80 Å². The van der Waals surface area contributed by atoms with Crippen molar-refractivity contribution in [3.8, 4) is 0 Å². The number of carbonyl (C=O) groups is 2. The summed E-state index contributed by atoms with van der Waals surface area (Å²) in [7, 11) is 0. The second-order valence-electron chi connectivity index (χ2n) is 8.01. The Kier molecular flexibility index (Phi) is 5.95. The van der Waals surface area contributed by atoms with E-state index in [4.69, 9.17) is 0 Å². The molecule has 29 heavy (non-hydrogen) atoms. The quantitative estimate of drug-likeness (QED) is 0.750. The van der Waals surface area contributed by atoms with Crippen molar-refractivity contribution >= 4 is 17.4 Å². The van der Waals surface area contributed by atoms with E-state index >= 15 is 0 Å². The van der Waals surface area contributed by atoms with Crippen LogP contribution in [0, 0.1) is 0 Å². The molecule has 5 nitrogen and oxygen atoms in total. The Morgan fingerprint density at radius 1 is 0.828 bits per heavy atom. The Labute approximate surface area is 172 Å². The van der Waals surface area contributed by atoms with E-state index in [0.717, 1.165) is 52.1 Å². The van der Waals surface area contributed by atoms with Crippen molar-refractivity contribution < 1.29 is 9.59 Å².